The second-order valence-corrected chi connectivity index (χ2v) is 3.53. The van der Waals surface area contributed by atoms with Crippen LogP contribution in [0.3, 0.4) is 0 Å². The summed E-state index contributed by atoms with van der Waals surface area (Å²) in [6.07, 6.45) is -4.34. The summed E-state index contributed by atoms with van der Waals surface area (Å²) < 4.78 is 40.6. The third-order valence-corrected chi connectivity index (χ3v) is 1.96. The lowest BCUT2D eigenvalue weighted by Crippen LogP contribution is -2.08. The molecule has 17 heavy (non-hydrogen) atoms. The van der Waals surface area contributed by atoms with Crippen molar-refractivity contribution in [2.24, 2.45) is 0 Å². The molecule has 98 valence electrons. The molecule has 0 spiro atoms. The highest BCUT2D eigenvalue weighted by molar-refractivity contribution is 5.16. The van der Waals surface area contributed by atoms with E-state index in [9.17, 15) is 13.2 Å². The Morgan fingerprint density at radius 2 is 2.00 bits per heavy atom. The Hall–Kier alpha value is -1.31. The van der Waals surface area contributed by atoms with E-state index < -0.39 is 12.6 Å². The van der Waals surface area contributed by atoms with Gasteiger partial charge in [-0.25, -0.2) is 0 Å². The number of unbranched alkanes of at least 4 members (excludes halogenated alkanes) is 1. The molecule has 0 amide bonds. The molecule has 0 fully saturated rings. The Kier molecular flexibility index (Phi) is 5.20. The molecule has 2 N–H and O–H groups in total. The summed E-state index contributed by atoms with van der Waals surface area (Å²) in [6, 6.07) is 0.238. The molecule has 1 aromatic rings. The molecule has 1 rings (SSSR count). The number of rotatable bonds is 7. The van der Waals surface area contributed by atoms with Crippen LogP contribution in [0.5, 0.6) is 0 Å². The standard InChI is InChI=1S/C9H15F3N4O/c1-13-6-7-15-16-8(17-7)14-5-3-2-4-9(10,11)12/h13H,2-6H2,1H3,(H,14,16). The van der Waals surface area contributed by atoms with Crippen LogP contribution in [0.1, 0.15) is 25.2 Å². The van der Waals surface area contributed by atoms with E-state index in [0.29, 0.717) is 25.4 Å². The number of nitrogens with zero attached hydrogens (tertiary/aromatic N) is 2. The molecule has 0 aliphatic rings. The number of halogens is 3. The van der Waals surface area contributed by atoms with Crippen LogP contribution < -0.4 is 10.6 Å². The predicted octanol–water partition coefficient (Wildman–Crippen LogP) is 1.93. The van der Waals surface area contributed by atoms with Gasteiger partial charge < -0.3 is 15.1 Å². The first kappa shape index (κ1) is 13.8. The summed E-state index contributed by atoms with van der Waals surface area (Å²) in [6.45, 7) is 0.847. The lowest BCUT2D eigenvalue weighted by molar-refractivity contribution is -0.135. The van der Waals surface area contributed by atoms with Gasteiger partial charge in [-0.2, -0.15) is 13.2 Å². The third-order valence-electron chi connectivity index (χ3n) is 1.96. The molecule has 1 heterocycles. The summed E-state index contributed by atoms with van der Waals surface area (Å²) >= 11 is 0. The topological polar surface area (TPSA) is 63.0 Å². The molecular weight excluding hydrogens is 237 g/mol. The van der Waals surface area contributed by atoms with E-state index in [2.05, 4.69) is 20.8 Å². The smallest absolute Gasteiger partial charge is 0.389 e. The molecule has 0 aliphatic heterocycles. The van der Waals surface area contributed by atoms with Crippen LogP contribution in [0.4, 0.5) is 19.2 Å². The van der Waals surface area contributed by atoms with Crippen LogP contribution in [0.25, 0.3) is 0 Å². The maximum Gasteiger partial charge on any atom is 0.389 e. The van der Waals surface area contributed by atoms with Crippen molar-refractivity contribution in [2.45, 2.75) is 32.0 Å². The van der Waals surface area contributed by atoms with Gasteiger partial charge in [0.2, 0.25) is 5.89 Å². The predicted molar refractivity (Wildman–Crippen MR) is 55.5 cm³/mol. The van der Waals surface area contributed by atoms with Gasteiger partial charge in [-0.3, -0.25) is 0 Å². The Morgan fingerprint density at radius 3 is 2.65 bits per heavy atom. The van der Waals surface area contributed by atoms with Gasteiger partial charge in [0.15, 0.2) is 0 Å². The fourth-order valence-corrected chi connectivity index (χ4v) is 1.19. The zero-order valence-corrected chi connectivity index (χ0v) is 9.47. The highest BCUT2D eigenvalue weighted by Gasteiger charge is 2.25. The highest BCUT2D eigenvalue weighted by Crippen LogP contribution is 2.22. The lowest BCUT2D eigenvalue weighted by atomic mass is 10.2. The van der Waals surface area contributed by atoms with Crippen molar-refractivity contribution < 1.29 is 17.6 Å². The summed E-state index contributed by atoms with van der Waals surface area (Å²) in [5.41, 5.74) is 0. The Bertz CT molecular complexity index is 326. The molecule has 0 unspecified atom stereocenters. The minimum atomic E-state index is -4.08. The largest absolute Gasteiger partial charge is 0.407 e. The number of nitrogens with one attached hydrogen (secondary N) is 2. The van der Waals surface area contributed by atoms with Crippen molar-refractivity contribution in [3.63, 3.8) is 0 Å². The molecule has 0 atom stereocenters. The van der Waals surface area contributed by atoms with E-state index in [1.807, 2.05) is 0 Å². The third kappa shape index (κ3) is 6.10. The Morgan fingerprint density at radius 1 is 1.24 bits per heavy atom. The Balaban J connectivity index is 2.13. The maximum absolute atomic E-state index is 11.8. The molecule has 0 saturated heterocycles. The van der Waals surface area contributed by atoms with E-state index >= 15 is 0 Å². The van der Waals surface area contributed by atoms with E-state index in [1.165, 1.54) is 0 Å². The minimum Gasteiger partial charge on any atom is -0.407 e. The number of anilines is 1. The molecular formula is C9H15F3N4O. The fourth-order valence-electron chi connectivity index (χ4n) is 1.19. The monoisotopic (exact) mass is 252 g/mol. The van der Waals surface area contributed by atoms with E-state index in [-0.39, 0.29) is 12.4 Å². The number of aromatic nitrogens is 2. The summed E-state index contributed by atoms with van der Waals surface area (Å²) in [5.74, 6) is 0.435. The molecule has 1 aromatic heterocycles. The van der Waals surface area contributed by atoms with Gasteiger partial charge >= 0.3 is 12.2 Å². The van der Waals surface area contributed by atoms with Crippen LogP contribution >= 0.6 is 0 Å². The van der Waals surface area contributed by atoms with Gasteiger partial charge in [0.1, 0.15) is 0 Å². The van der Waals surface area contributed by atoms with Crippen LogP contribution in [0.15, 0.2) is 4.42 Å². The number of hydrogen-bond donors (Lipinski definition) is 2. The van der Waals surface area contributed by atoms with Crippen molar-refractivity contribution in [1.29, 1.82) is 0 Å². The molecule has 0 aromatic carbocycles. The van der Waals surface area contributed by atoms with Crippen molar-refractivity contribution in [2.75, 3.05) is 18.9 Å². The molecule has 0 radical (unpaired) electrons. The quantitative estimate of drug-likeness (QED) is 0.726. The van der Waals surface area contributed by atoms with Crippen LogP contribution in [-0.2, 0) is 6.54 Å². The minimum absolute atomic E-state index is 0.0913. The van der Waals surface area contributed by atoms with E-state index in [4.69, 9.17) is 4.42 Å². The Labute approximate surface area is 96.8 Å². The van der Waals surface area contributed by atoms with Gasteiger partial charge in [0.25, 0.3) is 0 Å². The summed E-state index contributed by atoms with van der Waals surface area (Å²) in [7, 11) is 1.74. The van der Waals surface area contributed by atoms with E-state index in [1.54, 1.807) is 7.05 Å². The first-order valence-electron chi connectivity index (χ1n) is 5.29. The zero-order chi connectivity index (χ0) is 12.7. The second-order valence-electron chi connectivity index (χ2n) is 3.53. The van der Waals surface area contributed by atoms with Gasteiger partial charge in [0, 0.05) is 13.0 Å². The van der Waals surface area contributed by atoms with Gasteiger partial charge in [-0.05, 0) is 19.9 Å². The highest BCUT2D eigenvalue weighted by atomic mass is 19.4. The van der Waals surface area contributed by atoms with Crippen LogP contribution in [0.2, 0.25) is 0 Å². The molecule has 0 aliphatic carbocycles. The normalized spacial score (nSPS) is 11.8. The maximum atomic E-state index is 11.8. The van der Waals surface area contributed by atoms with Gasteiger partial charge in [-0.1, -0.05) is 5.10 Å². The summed E-state index contributed by atoms with van der Waals surface area (Å²) in [5, 5.41) is 13.0. The number of hydrogen-bond acceptors (Lipinski definition) is 5. The van der Waals surface area contributed by atoms with Crippen molar-refractivity contribution in [1.82, 2.24) is 15.5 Å². The van der Waals surface area contributed by atoms with Crippen LogP contribution in [-0.4, -0.2) is 30.0 Å². The van der Waals surface area contributed by atoms with Gasteiger partial charge in [-0.15, -0.1) is 5.10 Å². The molecule has 0 bridgehead atoms. The lowest BCUT2D eigenvalue weighted by Gasteiger charge is -2.05. The average molecular weight is 252 g/mol. The second kappa shape index (κ2) is 6.43. The molecule has 0 saturated carbocycles. The average Bonchev–Trinajstić information content (AvgIpc) is 2.64. The SMILES string of the molecule is CNCc1nnc(NCCCCC(F)(F)F)o1. The van der Waals surface area contributed by atoms with Crippen molar-refractivity contribution in [3.05, 3.63) is 5.89 Å². The first-order chi connectivity index (χ1) is 8.01. The van der Waals surface area contributed by atoms with E-state index in [0.717, 1.165) is 0 Å². The number of alkyl halides is 3. The van der Waals surface area contributed by atoms with Crippen LogP contribution in [0, 0.1) is 0 Å². The first-order valence-corrected chi connectivity index (χ1v) is 5.29. The fraction of sp³-hybridized carbons (Fsp3) is 0.778. The molecule has 5 nitrogen and oxygen atoms in total. The van der Waals surface area contributed by atoms with Crippen molar-refractivity contribution in [3.8, 4) is 0 Å². The summed E-state index contributed by atoms with van der Waals surface area (Å²) in [4.78, 5) is 0. The van der Waals surface area contributed by atoms with Gasteiger partial charge in [0.05, 0.1) is 6.54 Å². The molecule has 8 heteroatoms. The zero-order valence-electron chi connectivity index (χ0n) is 9.47. The van der Waals surface area contributed by atoms with Crippen molar-refractivity contribution >= 4 is 6.01 Å².